The zero-order valence-corrected chi connectivity index (χ0v) is 18.5. The molecule has 0 N–H and O–H groups in total. The van der Waals surface area contributed by atoms with Crippen LogP contribution in [0.2, 0.25) is 0 Å². The zero-order chi connectivity index (χ0) is 20.8. The number of rotatable bonds is 7. The first-order chi connectivity index (χ1) is 14.5. The van der Waals surface area contributed by atoms with Crippen molar-refractivity contribution in [3.63, 3.8) is 0 Å². The van der Waals surface area contributed by atoms with E-state index in [9.17, 15) is 9.59 Å². The molecule has 7 heteroatoms. The van der Waals surface area contributed by atoms with Crippen molar-refractivity contribution < 1.29 is 9.21 Å². The third-order valence-electron chi connectivity index (χ3n) is 6.14. The zero-order valence-electron chi connectivity index (χ0n) is 16.9. The Hall–Kier alpha value is -2.41. The molecule has 2 unspecified atom stereocenters. The molecule has 0 saturated heterocycles. The second-order valence-electron chi connectivity index (χ2n) is 8.53. The lowest BCUT2D eigenvalue weighted by atomic mass is 10.2. The lowest BCUT2D eigenvalue weighted by Gasteiger charge is -2.21. The highest BCUT2D eigenvalue weighted by Crippen LogP contribution is 2.47. The van der Waals surface area contributed by atoms with Gasteiger partial charge in [0.2, 0.25) is 5.91 Å². The van der Waals surface area contributed by atoms with Crippen LogP contribution in [0, 0.1) is 5.92 Å². The predicted molar refractivity (Wildman–Crippen MR) is 117 cm³/mol. The average Bonchev–Trinajstić information content (AvgIpc) is 3.65. The van der Waals surface area contributed by atoms with Gasteiger partial charge in [-0.2, -0.15) is 0 Å². The predicted octanol–water partition coefficient (Wildman–Crippen LogP) is 4.46. The molecule has 2 aliphatic rings. The van der Waals surface area contributed by atoms with Crippen LogP contribution < -0.4 is 5.56 Å². The molecular weight excluding hydrogens is 446 g/mol. The van der Waals surface area contributed by atoms with Crippen molar-refractivity contribution in [2.75, 3.05) is 0 Å². The number of furan rings is 1. The summed E-state index contributed by atoms with van der Waals surface area (Å²) in [5, 5.41) is 0.552. The number of benzene rings is 1. The van der Waals surface area contributed by atoms with E-state index in [4.69, 9.17) is 4.42 Å². The topological polar surface area (TPSA) is 68.3 Å². The fourth-order valence-corrected chi connectivity index (χ4v) is 4.38. The first-order valence-corrected chi connectivity index (χ1v) is 11.3. The van der Waals surface area contributed by atoms with Gasteiger partial charge in [0, 0.05) is 29.4 Å². The molecule has 2 fully saturated rings. The third kappa shape index (κ3) is 3.95. The van der Waals surface area contributed by atoms with Crippen molar-refractivity contribution in [1.29, 1.82) is 0 Å². The quantitative estimate of drug-likeness (QED) is 0.512. The summed E-state index contributed by atoms with van der Waals surface area (Å²) in [6.45, 7) is 3.05. The van der Waals surface area contributed by atoms with E-state index in [1.54, 1.807) is 6.07 Å². The van der Waals surface area contributed by atoms with E-state index < -0.39 is 0 Å². The van der Waals surface area contributed by atoms with Crippen molar-refractivity contribution in [2.45, 2.75) is 57.7 Å². The second kappa shape index (κ2) is 7.69. The number of fused-ring (bicyclic) bond motifs is 1. The molecule has 2 aliphatic carbocycles. The Morgan fingerprint density at radius 1 is 1.30 bits per heavy atom. The van der Waals surface area contributed by atoms with Crippen molar-refractivity contribution in [2.24, 2.45) is 5.92 Å². The summed E-state index contributed by atoms with van der Waals surface area (Å²) in [6, 6.07) is 9.78. The molecule has 6 nitrogen and oxygen atoms in total. The van der Waals surface area contributed by atoms with Gasteiger partial charge in [-0.25, -0.2) is 4.98 Å². The van der Waals surface area contributed by atoms with Crippen molar-refractivity contribution in [3.8, 4) is 0 Å². The second-order valence-corrected chi connectivity index (χ2v) is 9.45. The number of halogens is 1. The summed E-state index contributed by atoms with van der Waals surface area (Å²) in [7, 11) is 0. The Balaban J connectivity index is 1.27. The van der Waals surface area contributed by atoms with E-state index in [-0.39, 0.29) is 23.9 Å². The van der Waals surface area contributed by atoms with Crippen LogP contribution in [-0.4, -0.2) is 26.4 Å². The Labute approximate surface area is 183 Å². The number of amides is 1. The van der Waals surface area contributed by atoms with Gasteiger partial charge in [-0.05, 0) is 55.5 Å². The van der Waals surface area contributed by atoms with Gasteiger partial charge in [0.25, 0.3) is 5.56 Å². The standard InChI is InChI=1S/C23H24BrN3O3/c1-14-10-18(14)21-7-5-17(30-21)12-27(16-3-4-16)22(28)8-9-26-13-25-20-6-2-15(24)11-19(20)23(26)29/h2,5-7,11,13-14,16,18H,3-4,8-10,12H2,1H3. The largest absolute Gasteiger partial charge is 0.464 e. The summed E-state index contributed by atoms with van der Waals surface area (Å²) in [4.78, 5) is 32.0. The Morgan fingerprint density at radius 2 is 2.10 bits per heavy atom. The van der Waals surface area contributed by atoms with E-state index in [0.29, 0.717) is 35.8 Å². The molecule has 3 aromatic rings. The van der Waals surface area contributed by atoms with E-state index in [0.717, 1.165) is 28.8 Å². The monoisotopic (exact) mass is 469 g/mol. The van der Waals surface area contributed by atoms with Crippen LogP contribution in [0.5, 0.6) is 0 Å². The van der Waals surface area contributed by atoms with E-state index in [1.807, 2.05) is 23.1 Å². The van der Waals surface area contributed by atoms with Gasteiger partial charge >= 0.3 is 0 Å². The highest BCUT2D eigenvalue weighted by Gasteiger charge is 2.37. The number of aromatic nitrogens is 2. The van der Waals surface area contributed by atoms with Crippen LogP contribution in [0.25, 0.3) is 10.9 Å². The molecule has 2 atom stereocenters. The van der Waals surface area contributed by atoms with Gasteiger partial charge in [-0.3, -0.25) is 14.2 Å². The number of carbonyl (C=O) groups excluding carboxylic acids is 1. The normalized spacial score (nSPS) is 20.5. The molecule has 2 heterocycles. The smallest absolute Gasteiger partial charge is 0.261 e. The van der Waals surface area contributed by atoms with Crippen LogP contribution in [0.1, 0.15) is 50.0 Å². The maximum Gasteiger partial charge on any atom is 0.261 e. The Morgan fingerprint density at radius 3 is 2.83 bits per heavy atom. The fourth-order valence-electron chi connectivity index (χ4n) is 4.02. The lowest BCUT2D eigenvalue weighted by Crippen LogP contribution is -2.34. The van der Waals surface area contributed by atoms with Crippen molar-refractivity contribution in [1.82, 2.24) is 14.5 Å². The van der Waals surface area contributed by atoms with Gasteiger partial charge in [-0.15, -0.1) is 0 Å². The molecule has 5 rings (SSSR count). The van der Waals surface area contributed by atoms with Crippen LogP contribution in [0.4, 0.5) is 0 Å². The molecule has 0 bridgehead atoms. The molecule has 2 aromatic heterocycles. The number of hydrogen-bond acceptors (Lipinski definition) is 4. The van der Waals surface area contributed by atoms with E-state index in [1.165, 1.54) is 17.3 Å². The van der Waals surface area contributed by atoms with E-state index >= 15 is 0 Å². The molecule has 156 valence electrons. The number of nitrogens with zero attached hydrogens (tertiary/aromatic N) is 3. The van der Waals surface area contributed by atoms with Crippen molar-refractivity contribution >= 4 is 32.7 Å². The highest BCUT2D eigenvalue weighted by molar-refractivity contribution is 9.10. The van der Waals surface area contributed by atoms with Gasteiger partial charge in [0.1, 0.15) is 11.5 Å². The molecule has 0 spiro atoms. The molecule has 1 aromatic carbocycles. The maximum atomic E-state index is 13.0. The van der Waals surface area contributed by atoms with Gasteiger partial charge in [-0.1, -0.05) is 22.9 Å². The molecule has 1 amide bonds. The Kier molecular flexibility index (Phi) is 5.01. The van der Waals surface area contributed by atoms with Gasteiger partial charge in [0.15, 0.2) is 0 Å². The lowest BCUT2D eigenvalue weighted by molar-refractivity contribution is -0.132. The minimum absolute atomic E-state index is 0.0523. The SMILES string of the molecule is CC1CC1c1ccc(CN(C(=O)CCn2cnc3ccc(Br)cc3c2=O)C2CC2)o1. The van der Waals surface area contributed by atoms with Crippen molar-refractivity contribution in [3.05, 3.63) is 63.0 Å². The molecule has 30 heavy (non-hydrogen) atoms. The first kappa shape index (κ1) is 19.5. The average molecular weight is 470 g/mol. The molecule has 2 saturated carbocycles. The van der Waals surface area contributed by atoms with Gasteiger partial charge in [0.05, 0.1) is 23.8 Å². The first-order valence-electron chi connectivity index (χ1n) is 10.5. The van der Waals surface area contributed by atoms with Crippen LogP contribution in [0.15, 0.2) is 50.3 Å². The minimum atomic E-state index is -0.124. The molecule has 0 aliphatic heterocycles. The van der Waals surface area contributed by atoms with Gasteiger partial charge < -0.3 is 9.32 Å². The summed E-state index contributed by atoms with van der Waals surface area (Å²) >= 11 is 3.40. The number of carbonyl (C=O) groups is 1. The molecule has 0 radical (unpaired) electrons. The van der Waals surface area contributed by atoms with Crippen LogP contribution in [-0.2, 0) is 17.9 Å². The number of aryl methyl sites for hydroxylation is 1. The fraction of sp³-hybridized carbons (Fsp3) is 0.435. The van der Waals surface area contributed by atoms with Crippen LogP contribution in [0.3, 0.4) is 0 Å². The maximum absolute atomic E-state index is 13.0. The Bertz CT molecular complexity index is 1160. The highest BCUT2D eigenvalue weighted by atomic mass is 79.9. The number of hydrogen-bond donors (Lipinski definition) is 0. The van der Waals surface area contributed by atoms with E-state index in [2.05, 4.69) is 33.9 Å². The third-order valence-corrected chi connectivity index (χ3v) is 6.64. The summed E-state index contributed by atoms with van der Waals surface area (Å²) in [6.07, 6.45) is 5.05. The van der Waals surface area contributed by atoms with Crippen LogP contribution >= 0.6 is 15.9 Å². The summed E-state index contributed by atoms with van der Waals surface area (Å²) < 4.78 is 8.37. The minimum Gasteiger partial charge on any atom is -0.464 e. The summed E-state index contributed by atoms with van der Waals surface area (Å²) in [5.41, 5.74) is 0.533. The summed E-state index contributed by atoms with van der Waals surface area (Å²) in [5.74, 6) is 3.17. The molecular formula is C23H24BrN3O3.